The van der Waals surface area contributed by atoms with Crippen LogP contribution in [0.2, 0.25) is 0 Å². The minimum atomic E-state index is 0.367. The van der Waals surface area contributed by atoms with Gasteiger partial charge in [-0.1, -0.05) is 4.74 Å². The molecular formula is C6H11N2O+. The molecule has 1 aromatic heterocycles. The van der Waals surface area contributed by atoms with Gasteiger partial charge in [0.25, 0.3) is 0 Å². The molecule has 0 saturated heterocycles. The van der Waals surface area contributed by atoms with Gasteiger partial charge in [-0.2, -0.15) is 0 Å². The highest BCUT2D eigenvalue weighted by molar-refractivity contribution is 4.60. The van der Waals surface area contributed by atoms with Crippen molar-refractivity contribution >= 4 is 0 Å². The van der Waals surface area contributed by atoms with Gasteiger partial charge in [0.1, 0.15) is 6.04 Å². The summed E-state index contributed by atoms with van der Waals surface area (Å²) in [6.07, 6.45) is 1.69. The summed E-state index contributed by atoms with van der Waals surface area (Å²) in [5.74, 6) is 0.712. The zero-order valence-corrected chi connectivity index (χ0v) is 5.96. The van der Waals surface area contributed by atoms with Gasteiger partial charge in [-0.25, -0.2) is 0 Å². The molecule has 0 saturated carbocycles. The predicted octanol–water partition coefficient (Wildman–Crippen LogP) is 0.851. The van der Waals surface area contributed by atoms with Crippen molar-refractivity contribution in [1.82, 2.24) is 4.98 Å². The fourth-order valence-corrected chi connectivity index (χ4v) is 0.577. The van der Waals surface area contributed by atoms with Gasteiger partial charge in [-0.3, -0.25) is 4.52 Å². The second-order valence-electron chi connectivity index (χ2n) is 2.31. The van der Waals surface area contributed by atoms with Gasteiger partial charge in [-0.15, -0.1) is 0 Å². The lowest BCUT2D eigenvalue weighted by molar-refractivity contribution is -0.879. The summed E-state index contributed by atoms with van der Waals surface area (Å²) in [4.78, 5) is 3.93. The van der Waals surface area contributed by atoms with Crippen LogP contribution in [0.15, 0.2) is 10.9 Å². The average molecular weight is 127 g/mol. The first-order valence-electron chi connectivity index (χ1n) is 3.04. The molecule has 1 aromatic rings. The lowest BCUT2D eigenvalue weighted by Gasteiger charge is -1.91. The first-order valence-corrected chi connectivity index (χ1v) is 3.04. The maximum absolute atomic E-state index is 5.15. The zero-order chi connectivity index (χ0) is 6.85. The predicted molar refractivity (Wildman–Crippen MR) is 31.8 cm³/mol. The normalized spacial score (nSPS) is 10.7. The Hall–Kier alpha value is -0.860. The standard InChI is InChI=1S/C6H11N2O/c1-5(2)8-4-7-6(3)9-8/h4-5H,1-3H3/q+1. The fraction of sp³-hybridized carbons (Fsp3) is 0.667. The first kappa shape index (κ1) is 6.26. The van der Waals surface area contributed by atoms with E-state index in [-0.39, 0.29) is 0 Å². The summed E-state index contributed by atoms with van der Waals surface area (Å²) < 4.78 is 6.87. The van der Waals surface area contributed by atoms with Crippen molar-refractivity contribution < 1.29 is 9.26 Å². The molecule has 0 aliphatic carbocycles. The third-order valence-corrected chi connectivity index (χ3v) is 1.10. The van der Waals surface area contributed by atoms with Crippen LogP contribution in [0, 0.1) is 6.92 Å². The van der Waals surface area contributed by atoms with Crippen molar-refractivity contribution in [1.29, 1.82) is 0 Å². The Morgan fingerprint density at radius 2 is 2.33 bits per heavy atom. The van der Waals surface area contributed by atoms with Crippen LogP contribution in [0.25, 0.3) is 0 Å². The van der Waals surface area contributed by atoms with Gasteiger partial charge in [0, 0.05) is 6.92 Å². The molecule has 9 heavy (non-hydrogen) atoms. The van der Waals surface area contributed by atoms with E-state index in [4.69, 9.17) is 4.52 Å². The second kappa shape index (κ2) is 2.17. The van der Waals surface area contributed by atoms with Crippen LogP contribution in [0.5, 0.6) is 0 Å². The zero-order valence-electron chi connectivity index (χ0n) is 5.96. The van der Waals surface area contributed by atoms with Gasteiger partial charge in [-0.05, 0) is 18.8 Å². The Kier molecular flexibility index (Phi) is 1.51. The Morgan fingerprint density at radius 1 is 1.67 bits per heavy atom. The van der Waals surface area contributed by atoms with Crippen LogP contribution in [0.4, 0.5) is 0 Å². The van der Waals surface area contributed by atoms with E-state index in [2.05, 4.69) is 4.98 Å². The van der Waals surface area contributed by atoms with E-state index in [1.54, 1.807) is 11.1 Å². The molecule has 0 aromatic carbocycles. The molecule has 0 N–H and O–H groups in total. The topological polar surface area (TPSA) is 29.9 Å². The molecule has 0 aliphatic rings. The Bertz CT molecular complexity index is 193. The van der Waals surface area contributed by atoms with Gasteiger partial charge < -0.3 is 0 Å². The van der Waals surface area contributed by atoms with Crippen LogP contribution in [-0.4, -0.2) is 4.98 Å². The summed E-state index contributed by atoms with van der Waals surface area (Å²) in [6.45, 7) is 5.92. The van der Waals surface area contributed by atoms with E-state index < -0.39 is 0 Å². The molecule has 0 fully saturated rings. The molecule has 0 unspecified atom stereocenters. The summed E-state index contributed by atoms with van der Waals surface area (Å²) in [5.41, 5.74) is 0. The first-order chi connectivity index (χ1) is 4.20. The maximum Gasteiger partial charge on any atom is 0.350 e. The van der Waals surface area contributed by atoms with Gasteiger partial charge in [0.05, 0.1) is 0 Å². The fourth-order valence-electron chi connectivity index (χ4n) is 0.577. The Labute approximate surface area is 54.3 Å². The minimum Gasteiger partial charge on any atom is -0.259 e. The van der Waals surface area contributed by atoms with Gasteiger partial charge in [0.15, 0.2) is 0 Å². The monoisotopic (exact) mass is 127 g/mol. The highest BCUT2D eigenvalue weighted by Gasteiger charge is 2.08. The van der Waals surface area contributed by atoms with Gasteiger partial charge in [0.2, 0.25) is 0 Å². The number of nitrogens with zero attached hydrogens (tertiary/aromatic N) is 2. The second-order valence-corrected chi connectivity index (χ2v) is 2.31. The lowest BCUT2D eigenvalue weighted by atomic mass is 10.4. The largest absolute Gasteiger partial charge is 0.350 e. The van der Waals surface area contributed by atoms with E-state index in [0.29, 0.717) is 11.9 Å². The summed E-state index contributed by atoms with van der Waals surface area (Å²) in [5, 5.41) is 0. The highest BCUT2D eigenvalue weighted by Crippen LogP contribution is 1.91. The molecule has 0 radical (unpaired) electrons. The van der Waals surface area contributed by atoms with Crippen LogP contribution in [0.1, 0.15) is 25.8 Å². The van der Waals surface area contributed by atoms with Crippen LogP contribution in [-0.2, 0) is 0 Å². The maximum atomic E-state index is 5.15. The number of aryl methyl sites for hydroxylation is 1. The molecule has 50 valence electrons. The Morgan fingerprint density at radius 3 is 2.56 bits per heavy atom. The molecule has 0 spiro atoms. The smallest absolute Gasteiger partial charge is 0.259 e. The minimum absolute atomic E-state index is 0.367. The van der Waals surface area contributed by atoms with E-state index in [1.165, 1.54) is 0 Å². The lowest BCUT2D eigenvalue weighted by Crippen LogP contribution is -2.32. The molecule has 0 aliphatic heterocycles. The van der Waals surface area contributed by atoms with Crippen molar-refractivity contribution in [2.75, 3.05) is 0 Å². The third kappa shape index (κ3) is 1.28. The van der Waals surface area contributed by atoms with E-state index in [0.717, 1.165) is 0 Å². The van der Waals surface area contributed by atoms with Crippen molar-refractivity contribution in [3.05, 3.63) is 12.2 Å². The number of hydrogen-bond donors (Lipinski definition) is 0. The molecule has 3 nitrogen and oxygen atoms in total. The van der Waals surface area contributed by atoms with Gasteiger partial charge >= 0.3 is 12.2 Å². The molecule has 0 bridgehead atoms. The van der Waals surface area contributed by atoms with Crippen molar-refractivity contribution in [3.63, 3.8) is 0 Å². The van der Waals surface area contributed by atoms with Crippen molar-refractivity contribution in [3.8, 4) is 0 Å². The Balaban J connectivity index is 2.85. The average Bonchev–Trinajstić information content (AvgIpc) is 2.14. The van der Waals surface area contributed by atoms with Crippen LogP contribution < -0.4 is 4.74 Å². The molecule has 3 heteroatoms. The summed E-state index contributed by atoms with van der Waals surface area (Å²) >= 11 is 0. The summed E-state index contributed by atoms with van der Waals surface area (Å²) in [6, 6.07) is 0.367. The molecule has 1 rings (SSSR count). The highest BCUT2D eigenvalue weighted by atomic mass is 16.5. The quantitative estimate of drug-likeness (QED) is 0.523. The summed E-state index contributed by atoms with van der Waals surface area (Å²) in [7, 11) is 0. The van der Waals surface area contributed by atoms with E-state index in [1.807, 2.05) is 20.8 Å². The van der Waals surface area contributed by atoms with Crippen LogP contribution in [0.3, 0.4) is 0 Å². The number of aromatic nitrogens is 2. The SMILES string of the molecule is Cc1nc[n+](C(C)C)o1. The number of hydrogen-bond acceptors (Lipinski definition) is 2. The van der Waals surface area contributed by atoms with Crippen molar-refractivity contribution in [2.24, 2.45) is 0 Å². The van der Waals surface area contributed by atoms with E-state index >= 15 is 0 Å². The molecule has 0 atom stereocenters. The van der Waals surface area contributed by atoms with E-state index in [9.17, 15) is 0 Å². The molecule has 1 heterocycles. The third-order valence-electron chi connectivity index (χ3n) is 1.10. The number of rotatable bonds is 1. The molecule has 0 amide bonds. The van der Waals surface area contributed by atoms with Crippen molar-refractivity contribution in [2.45, 2.75) is 26.8 Å². The molecular weight excluding hydrogens is 116 g/mol. The van der Waals surface area contributed by atoms with Crippen LogP contribution >= 0.6 is 0 Å².